The molecule has 2 aromatic carbocycles. The van der Waals surface area contributed by atoms with Crippen molar-refractivity contribution in [3.8, 4) is 0 Å². The first-order valence-corrected chi connectivity index (χ1v) is 11.5. The van der Waals surface area contributed by atoms with Crippen molar-refractivity contribution in [2.24, 2.45) is 0 Å². The third-order valence-corrected chi connectivity index (χ3v) is 7.09. The van der Waals surface area contributed by atoms with Crippen LogP contribution in [0.5, 0.6) is 0 Å². The lowest BCUT2D eigenvalue weighted by Gasteiger charge is -2.26. The maximum absolute atomic E-state index is 12.8. The van der Waals surface area contributed by atoms with Crippen molar-refractivity contribution in [3.63, 3.8) is 0 Å². The third-order valence-electron chi connectivity index (χ3n) is 5.19. The molecule has 2 aromatic rings. The number of hydrogen-bond acceptors (Lipinski definition) is 6. The summed E-state index contributed by atoms with van der Waals surface area (Å²) in [5, 5.41) is 3.22. The number of nitrogens with zero attached hydrogens (tertiary/aromatic N) is 2. The van der Waals surface area contributed by atoms with E-state index in [1.807, 2.05) is 32.3 Å². The molecule has 0 radical (unpaired) electrons. The number of carbonyl (C=O) groups is 1. The number of ketones is 1. The van der Waals surface area contributed by atoms with Crippen LogP contribution in [0.1, 0.15) is 22.0 Å². The summed E-state index contributed by atoms with van der Waals surface area (Å²) >= 11 is 0. The Morgan fingerprint density at radius 2 is 1.80 bits per heavy atom. The summed E-state index contributed by atoms with van der Waals surface area (Å²) in [5.41, 5.74) is 1.55. The van der Waals surface area contributed by atoms with Crippen molar-refractivity contribution in [2.45, 2.75) is 10.9 Å². The van der Waals surface area contributed by atoms with E-state index < -0.39 is 10.0 Å². The summed E-state index contributed by atoms with van der Waals surface area (Å²) in [4.78, 5) is 14.9. The molecular weight excluding hydrogens is 402 g/mol. The molecule has 30 heavy (non-hydrogen) atoms. The van der Waals surface area contributed by atoms with Crippen LogP contribution in [0.15, 0.2) is 59.5 Å². The van der Waals surface area contributed by atoms with Gasteiger partial charge in [0.05, 0.1) is 24.7 Å². The van der Waals surface area contributed by atoms with Crippen molar-refractivity contribution >= 4 is 15.8 Å². The number of carbonyl (C=O) groups excluding carboxylic acids is 1. The Labute approximate surface area is 178 Å². The van der Waals surface area contributed by atoms with Gasteiger partial charge >= 0.3 is 0 Å². The van der Waals surface area contributed by atoms with Crippen LogP contribution in [-0.2, 0) is 14.8 Å². The second-order valence-electron chi connectivity index (χ2n) is 7.49. The first-order valence-electron chi connectivity index (χ1n) is 10.0. The fourth-order valence-electron chi connectivity index (χ4n) is 3.46. The smallest absolute Gasteiger partial charge is 0.243 e. The summed E-state index contributed by atoms with van der Waals surface area (Å²) in [6, 6.07) is 16.5. The van der Waals surface area contributed by atoms with Gasteiger partial charge < -0.3 is 15.0 Å². The molecule has 0 bridgehead atoms. The molecule has 0 aromatic heterocycles. The highest BCUT2D eigenvalue weighted by atomic mass is 32.2. The van der Waals surface area contributed by atoms with Crippen LogP contribution >= 0.6 is 0 Å². The van der Waals surface area contributed by atoms with E-state index in [1.165, 1.54) is 22.0 Å². The van der Waals surface area contributed by atoms with E-state index in [0.717, 1.165) is 0 Å². The Balaban J connectivity index is 1.64. The number of ether oxygens (including phenoxy) is 1. The Morgan fingerprint density at radius 1 is 1.10 bits per heavy atom. The summed E-state index contributed by atoms with van der Waals surface area (Å²) in [5.74, 6) is -0.139. The molecule has 1 unspecified atom stereocenters. The fraction of sp³-hybridized carbons (Fsp3) is 0.409. The molecule has 0 amide bonds. The molecule has 8 heteroatoms. The van der Waals surface area contributed by atoms with Gasteiger partial charge in [-0.05, 0) is 31.8 Å². The summed E-state index contributed by atoms with van der Waals surface area (Å²) < 4.78 is 32.3. The largest absolute Gasteiger partial charge is 0.379 e. The van der Waals surface area contributed by atoms with Crippen LogP contribution in [-0.4, -0.2) is 76.9 Å². The number of sulfonamides is 1. The van der Waals surface area contributed by atoms with Crippen molar-refractivity contribution in [3.05, 3.63) is 65.7 Å². The molecule has 1 atom stereocenters. The van der Waals surface area contributed by atoms with Gasteiger partial charge in [0.2, 0.25) is 10.0 Å². The second-order valence-corrected chi connectivity index (χ2v) is 9.43. The van der Waals surface area contributed by atoms with E-state index in [2.05, 4.69) is 22.3 Å². The monoisotopic (exact) mass is 431 g/mol. The SMILES string of the molecule is CN(C)C(CNCC(=O)c1cccc(S(=O)(=O)N2CCOCC2)c1)c1ccccc1. The minimum Gasteiger partial charge on any atom is -0.379 e. The van der Waals surface area contributed by atoms with E-state index in [-0.39, 0.29) is 23.3 Å². The number of morpholine rings is 1. The first kappa shape index (κ1) is 22.6. The van der Waals surface area contributed by atoms with Gasteiger partial charge in [-0.1, -0.05) is 42.5 Å². The standard InChI is InChI=1S/C22H29N3O4S/c1-24(2)21(18-7-4-3-5-8-18)16-23-17-22(26)19-9-6-10-20(15-19)30(27,28)25-11-13-29-14-12-25/h3-10,15,21,23H,11-14,16-17H2,1-2H3. The maximum Gasteiger partial charge on any atom is 0.243 e. The van der Waals surface area contributed by atoms with Crippen LogP contribution in [0.4, 0.5) is 0 Å². The zero-order valence-corrected chi connectivity index (χ0v) is 18.3. The summed E-state index contributed by atoms with van der Waals surface area (Å²) in [6.07, 6.45) is 0. The Kier molecular flexibility index (Phi) is 7.74. The number of likely N-dealkylation sites (N-methyl/N-ethyl adjacent to an activating group) is 1. The maximum atomic E-state index is 12.8. The highest BCUT2D eigenvalue weighted by Gasteiger charge is 2.26. The molecular formula is C22H29N3O4S. The van der Waals surface area contributed by atoms with Crippen molar-refractivity contribution < 1.29 is 17.9 Å². The molecule has 162 valence electrons. The van der Waals surface area contributed by atoms with Crippen LogP contribution in [0.25, 0.3) is 0 Å². The van der Waals surface area contributed by atoms with E-state index in [4.69, 9.17) is 4.74 Å². The number of benzene rings is 2. The van der Waals surface area contributed by atoms with E-state index in [0.29, 0.717) is 38.4 Å². The van der Waals surface area contributed by atoms with Gasteiger partial charge in [-0.25, -0.2) is 8.42 Å². The summed E-state index contributed by atoms with van der Waals surface area (Å²) in [7, 11) is 0.377. The minimum atomic E-state index is -3.63. The molecule has 1 fully saturated rings. The Morgan fingerprint density at radius 3 is 2.47 bits per heavy atom. The van der Waals surface area contributed by atoms with Gasteiger partial charge in [-0.2, -0.15) is 4.31 Å². The predicted octanol–water partition coefficient (Wildman–Crippen LogP) is 1.78. The van der Waals surface area contributed by atoms with E-state index >= 15 is 0 Å². The molecule has 0 aliphatic carbocycles. The molecule has 0 spiro atoms. The highest BCUT2D eigenvalue weighted by Crippen LogP contribution is 2.19. The fourth-order valence-corrected chi connectivity index (χ4v) is 4.92. The number of nitrogens with one attached hydrogen (secondary N) is 1. The molecule has 1 aliphatic heterocycles. The normalized spacial score (nSPS) is 16.5. The second kappa shape index (κ2) is 10.3. The lowest BCUT2D eigenvalue weighted by molar-refractivity contribution is 0.0730. The number of Topliss-reactive ketones (excluding diaryl/α,β-unsaturated/α-hetero) is 1. The molecule has 7 nitrogen and oxygen atoms in total. The predicted molar refractivity (Wildman–Crippen MR) is 116 cm³/mol. The Hall–Kier alpha value is -2.10. The molecule has 1 saturated heterocycles. The Bertz CT molecular complexity index is 942. The van der Waals surface area contributed by atoms with Gasteiger partial charge in [-0.3, -0.25) is 4.79 Å². The average Bonchev–Trinajstić information content (AvgIpc) is 2.77. The van der Waals surface area contributed by atoms with Gasteiger partial charge in [0.15, 0.2) is 5.78 Å². The molecule has 0 saturated carbocycles. The van der Waals surface area contributed by atoms with Gasteiger partial charge in [0.1, 0.15) is 0 Å². The van der Waals surface area contributed by atoms with E-state index in [1.54, 1.807) is 12.1 Å². The zero-order valence-electron chi connectivity index (χ0n) is 17.5. The number of rotatable bonds is 9. The minimum absolute atomic E-state index is 0.132. The van der Waals surface area contributed by atoms with Gasteiger partial charge in [0.25, 0.3) is 0 Å². The third kappa shape index (κ3) is 5.53. The molecule has 1 aliphatic rings. The van der Waals surface area contributed by atoms with Gasteiger partial charge in [0, 0.05) is 31.2 Å². The van der Waals surface area contributed by atoms with Crippen LogP contribution in [0.3, 0.4) is 0 Å². The van der Waals surface area contributed by atoms with Crippen LogP contribution < -0.4 is 5.32 Å². The van der Waals surface area contributed by atoms with Crippen molar-refractivity contribution in [1.82, 2.24) is 14.5 Å². The molecule has 1 heterocycles. The van der Waals surface area contributed by atoms with Gasteiger partial charge in [-0.15, -0.1) is 0 Å². The van der Waals surface area contributed by atoms with E-state index in [9.17, 15) is 13.2 Å². The zero-order chi connectivity index (χ0) is 21.6. The lowest BCUT2D eigenvalue weighted by atomic mass is 10.1. The van der Waals surface area contributed by atoms with Crippen LogP contribution in [0, 0.1) is 0 Å². The average molecular weight is 432 g/mol. The summed E-state index contributed by atoms with van der Waals surface area (Å²) in [6.45, 7) is 2.17. The highest BCUT2D eigenvalue weighted by molar-refractivity contribution is 7.89. The topological polar surface area (TPSA) is 79.0 Å². The van der Waals surface area contributed by atoms with Crippen molar-refractivity contribution in [1.29, 1.82) is 0 Å². The molecule has 3 rings (SSSR count). The van der Waals surface area contributed by atoms with Crippen molar-refractivity contribution in [2.75, 3.05) is 53.5 Å². The quantitative estimate of drug-likeness (QED) is 0.610. The lowest BCUT2D eigenvalue weighted by Crippen LogP contribution is -2.40. The van der Waals surface area contributed by atoms with Crippen LogP contribution in [0.2, 0.25) is 0 Å². The molecule has 1 N–H and O–H groups in total. The number of hydrogen-bond donors (Lipinski definition) is 1. The first-order chi connectivity index (χ1) is 14.4.